The van der Waals surface area contributed by atoms with E-state index in [1.807, 2.05) is 27.8 Å². The highest BCUT2D eigenvalue weighted by Crippen LogP contribution is 2.25. The van der Waals surface area contributed by atoms with Crippen molar-refractivity contribution in [2.75, 3.05) is 6.61 Å². The van der Waals surface area contributed by atoms with Crippen molar-refractivity contribution in [1.82, 2.24) is 14.8 Å². The molecule has 0 spiro atoms. The predicted octanol–water partition coefficient (Wildman–Crippen LogP) is 2.63. The molecule has 0 fully saturated rings. The van der Waals surface area contributed by atoms with Gasteiger partial charge in [-0.15, -0.1) is 0 Å². The Bertz CT molecular complexity index is 424. The number of carbonyl (C=O) groups is 1. The smallest absolute Gasteiger partial charge is 0.316 e. The van der Waals surface area contributed by atoms with Crippen LogP contribution in [0, 0.1) is 5.92 Å². The highest BCUT2D eigenvalue weighted by molar-refractivity contribution is 5.77. The first-order valence-electron chi connectivity index (χ1n) is 6.94. The summed E-state index contributed by atoms with van der Waals surface area (Å²) in [5.74, 6) is 1.59. The lowest BCUT2D eigenvalue weighted by molar-refractivity contribution is -0.145. The molecule has 0 aliphatic heterocycles. The van der Waals surface area contributed by atoms with Crippen molar-refractivity contribution < 1.29 is 9.53 Å². The van der Waals surface area contributed by atoms with Crippen molar-refractivity contribution in [3.05, 3.63) is 11.6 Å². The molecule has 0 saturated heterocycles. The zero-order valence-electron chi connectivity index (χ0n) is 12.8. The van der Waals surface area contributed by atoms with E-state index in [9.17, 15) is 4.79 Å². The number of nitrogens with zero attached hydrogens (tertiary/aromatic N) is 3. The van der Waals surface area contributed by atoms with E-state index in [4.69, 9.17) is 4.74 Å². The third kappa shape index (κ3) is 4.04. The Kier molecular flexibility index (Phi) is 5.51. The minimum Gasteiger partial charge on any atom is -0.465 e. The first-order chi connectivity index (χ1) is 8.86. The van der Waals surface area contributed by atoms with Gasteiger partial charge < -0.3 is 4.74 Å². The first kappa shape index (κ1) is 15.7. The number of carbonyl (C=O) groups excluding carboxylic acids is 1. The molecule has 1 aromatic heterocycles. The fourth-order valence-corrected chi connectivity index (χ4v) is 1.99. The third-order valence-electron chi connectivity index (χ3n) is 2.92. The van der Waals surface area contributed by atoms with Gasteiger partial charge >= 0.3 is 5.97 Å². The topological polar surface area (TPSA) is 57.0 Å². The second-order valence-electron chi connectivity index (χ2n) is 5.54. The molecule has 1 atom stereocenters. The van der Waals surface area contributed by atoms with Crippen molar-refractivity contribution in [2.45, 2.75) is 52.9 Å². The van der Waals surface area contributed by atoms with Gasteiger partial charge in [0.1, 0.15) is 11.7 Å². The third-order valence-corrected chi connectivity index (χ3v) is 2.92. The summed E-state index contributed by atoms with van der Waals surface area (Å²) in [5, 5.41) is 4.38. The fourth-order valence-electron chi connectivity index (χ4n) is 1.99. The Morgan fingerprint density at radius 3 is 2.37 bits per heavy atom. The molecule has 5 heteroatoms. The number of aromatic nitrogens is 3. The maximum Gasteiger partial charge on any atom is 0.316 e. The molecule has 1 unspecified atom stereocenters. The van der Waals surface area contributed by atoms with E-state index in [1.54, 1.807) is 4.68 Å². The number of esters is 1. The average Bonchev–Trinajstić information content (AvgIpc) is 2.68. The van der Waals surface area contributed by atoms with Crippen LogP contribution in [-0.2, 0) is 16.6 Å². The number of hydrogen-bond acceptors (Lipinski definition) is 4. The highest BCUT2D eigenvalue weighted by Gasteiger charge is 2.28. The predicted molar refractivity (Wildman–Crippen MR) is 73.9 cm³/mol. The van der Waals surface area contributed by atoms with Gasteiger partial charge in [0, 0.05) is 13.0 Å². The molecular formula is C14H25N3O2. The van der Waals surface area contributed by atoms with Crippen LogP contribution in [0.3, 0.4) is 0 Å². The van der Waals surface area contributed by atoms with Crippen LogP contribution in [0.15, 0.2) is 0 Å². The summed E-state index contributed by atoms with van der Waals surface area (Å²) >= 11 is 0. The number of rotatable bonds is 6. The minimum atomic E-state index is -0.329. The summed E-state index contributed by atoms with van der Waals surface area (Å²) in [6.07, 6.45) is 0.725. The molecule has 1 rings (SSSR count). The van der Waals surface area contributed by atoms with Crippen molar-refractivity contribution >= 4 is 5.97 Å². The SMILES string of the molecule is CCOC(=O)C(CC(C)C)c1nc(C(C)C)nn1C. The molecule has 0 amide bonds. The fraction of sp³-hybridized carbons (Fsp3) is 0.786. The molecule has 0 bridgehead atoms. The Hall–Kier alpha value is -1.39. The normalized spacial score (nSPS) is 13.1. The Morgan fingerprint density at radius 1 is 1.32 bits per heavy atom. The summed E-state index contributed by atoms with van der Waals surface area (Å²) < 4.78 is 6.87. The number of ether oxygens (including phenoxy) is 1. The lowest BCUT2D eigenvalue weighted by Crippen LogP contribution is -2.21. The number of aryl methyl sites for hydroxylation is 1. The van der Waals surface area contributed by atoms with Gasteiger partial charge in [0.25, 0.3) is 0 Å². The summed E-state index contributed by atoms with van der Waals surface area (Å²) in [6, 6.07) is 0. The van der Waals surface area contributed by atoms with Crippen LogP contribution < -0.4 is 0 Å². The van der Waals surface area contributed by atoms with Crippen molar-refractivity contribution in [2.24, 2.45) is 13.0 Å². The Morgan fingerprint density at radius 2 is 1.95 bits per heavy atom. The number of hydrogen-bond donors (Lipinski definition) is 0. The summed E-state index contributed by atoms with van der Waals surface area (Å²) in [4.78, 5) is 16.6. The molecule has 0 aliphatic carbocycles. The van der Waals surface area contributed by atoms with Crippen molar-refractivity contribution in [1.29, 1.82) is 0 Å². The molecule has 0 aliphatic rings. The van der Waals surface area contributed by atoms with Crippen LogP contribution in [0.2, 0.25) is 0 Å². The Labute approximate surface area is 115 Å². The average molecular weight is 267 g/mol. The van der Waals surface area contributed by atoms with E-state index in [0.717, 1.165) is 12.2 Å². The molecule has 0 N–H and O–H groups in total. The summed E-state index contributed by atoms with van der Waals surface area (Å²) in [6.45, 7) is 10.5. The van der Waals surface area contributed by atoms with E-state index < -0.39 is 0 Å². The molecule has 1 aromatic rings. The molecule has 1 heterocycles. The van der Waals surface area contributed by atoms with Gasteiger partial charge in [-0.25, -0.2) is 4.98 Å². The molecule has 5 nitrogen and oxygen atoms in total. The molecule has 0 saturated carbocycles. The van der Waals surface area contributed by atoms with Crippen LogP contribution in [0.4, 0.5) is 0 Å². The van der Waals surface area contributed by atoms with Crippen LogP contribution in [0.5, 0.6) is 0 Å². The maximum absolute atomic E-state index is 12.1. The quantitative estimate of drug-likeness (QED) is 0.743. The zero-order chi connectivity index (χ0) is 14.6. The molecule has 108 valence electrons. The first-order valence-corrected chi connectivity index (χ1v) is 6.94. The molecule has 0 aromatic carbocycles. The molecule has 0 radical (unpaired) electrons. The van der Waals surface area contributed by atoms with E-state index >= 15 is 0 Å². The van der Waals surface area contributed by atoms with Crippen LogP contribution in [0.1, 0.15) is 64.5 Å². The van der Waals surface area contributed by atoms with Crippen LogP contribution >= 0.6 is 0 Å². The lowest BCUT2D eigenvalue weighted by Gasteiger charge is -2.16. The lowest BCUT2D eigenvalue weighted by atomic mass is 9.96. The van der Waals surface area contributed by atoms with E-state index in [1.165, 1.54) is 0 Å². The monoisotopic (exact) mass is 267 g/mol. The standard InChI is InChI=1S/C14H25N3O2/c1-7-19-14(18)11(8-9(2)3)13-15-12(10(4)5)16-17(13)6/h9-11H,7-8H2,1-6H3. The van der Waals surface area contributed by atoms with Crippen molar-refractivity contribution in [3.63, 3.8) is 0 Å². The van der Waals surface area contributed by atoms with Gasteiger partial charge in [0.15, 0.2) is 5.82 Å². The molecular weight excluding hydrogens is 242 g/mol. The zero-order valence-corrected chi connectivity index (χ0v) is 12.8. The van der Waals surface area contributed by atoms with Gasteiger partial charge in [0.05, 0.1) is 6.61 Å². The second-order valence-corrected chi connectivity index (χ2v) is 5.54. The van der Waals surface area contributed by atoms with Crippen molar-refractivity contribution in [3.8, 4) is 0 Å². The van der Waals surface area contributed by atoms with E-state index in [0.29, 0.717) is 18.3 Å². The minimum absolute atomic E-state index is 0.206. The maximum atomic E-state index is 12.1. The highest BCUT2D eigenvalue weighted by atomic mass is 16.5. The van der Waals surface area contributed by atoms with E-state index in [-0.39, 0.29) is 17.8 Å². The van der Waals surface area contributed by atoms with Gasteiger partial charge in [-0.3, -0.25) is 9.48 Å². The summed E-state index contributed by atoms with van der Waals surface area (Å²) in [7, 11) is 1.83. The van der Waals surface area contributed by atoms with Crippen LogP contribution in [0.25, 0.3) is 0 Å². The van der Waals surface area contributed by atoms with Gasteiger partial charge in [-0.1, -0.05) is 27.7 Å². The van der Waals surface area contributed by atoms with Gasteiger partial charge in [-0.2, -0.15) is 5.10 Å². The largest absolute Gasteiger partial charge is 0.465 e. The molecule has 19 heavy (non-hydrogen) atoms. The van der Waals surface area contributed by atoms with Gasteiger partial charge in [-0.05, 0) is 19.3 Å². The second kappa shape index (κ2) is 6.68. The van der Waals surface area contributed by atoms with Crippen LogP contribution in [-0.4, -0.2) is 27.3 Å². The van der Waals surface area contributed by atoms with Gasteiger partial charge in [0.2, 0.25) is 0 Å². The van der Waals surface area contributed by atoms with E-state index in [2.05, 4.69) is 23.9 Å². The summed E-state index contributed by atoms with van der Waals surface area (Å²) in [5.41, 5.74) is 0. The Balaban J connectivity index is 3.06.